The van der Waals surface area contributed by atoms with Crippen LogP contribution in [0.1, 0.15) is 28.3 Å². The highest BCUT2D eigenvalue weighted by Gasteiger charge is 2.26. The highest BCUT2D eigenvalue weighted by molar-refractivity contribution is 7.89. The molecule has 0 aliphatic carbocycles. The summed E-state index contributed by atoms with van der Waals surface area (Å²) in [5.74, 6) is 0.240. The first-order chi connectivity index (χ1) is 13.3. The maximum atomic E-state index is 13.2. The molecular formula is C22H22ClNO3S. The summed E-state index contributed by atoms with van der Waals surface area (Å²) in [6.07, 6.45) is 0. The SMILES string of the molecule is COc1ccc(Cl)cc1S(=O)(=O)N[C@@H](c1ccccc1)c1ccc(C)cc1C. The predicted molar refractivity (Wildman–Crippen MR) is 113 cm³/mol. The van der Waals surface area contributed by atoms with Gasteiger partial charge in [0.2, 0.25) is 10.0 Å². The van der Waals surface area contributed by atoms with Crippen LogP contribution in [-0.4, -0.2) is 15.5 Å². The lowest BCUT2D eigenvalue weighted by Gasteiger charge is -2.22. The largest absolute Gasteiger partial charge is 0.495 e. The molecule has 0 spiro atoms. The molecule has 0 amide bonds. The van der Waals surface area contributed by atoms with Crippen molar-refractivity contribution in [2.24, 2.45) is 0 Å². The lowest BCUT2D eigenvalue weighted by Crippen LogP contribution is -2.30. The molecule has 0 saturated carbocycles. The second kappa shape index (κ2) is 8.35. The van der Waals surface area contributed by atoms with Gasteiger partial charge in [0, 0.05) is 5.02 Å². The summed E-state index contributed by atoms with van der Waals surface area (Å²) in [4.78, 5) is 0.00759. The number of benzene rings is 3. The average molecular weight is 416 g/mol. The van der Waals surface area contributed by atoms with Crippen LogP contribution in [0.2, 0.25) is 5.02 Å². The molecule has 0 aliphatic rings. The van der Waals surface area contributed by atoms with E-state index in [1.807, 2.05) is 62.4 Å². The van der Waals surface area contributed by atoms with Crippen LogP contribution in [0, 0.1) is 13.8 Å². The minimum Gasteiger partial charge on any atom is -0.495 e. The average Bonchev–Trinajstić information content (AvgIpc) is 2.67. The van der Waals surface area contributed by atoms with Gasteiger partial charge in [-0.1, -0.05) is 65.7 Å². The number of ether oxygens (including phenoxy) is 1. The van der Waals surface area contributed by atoms with Crippen molar-refractivity contribution in [3.63, 3.8) is 0 Å². The fraction of sp³-hybridized carbons (Fsp3) is 0.182. The highest BCUT2D eigenvalue weighted by Crippen LogP contribution is 2.31. The minimum atomic E-state index is -3.91. The fourth-order valence-corrected chi connectivity index (χ4v) is 4.82. The number of hydrogen-bond acceptors (Lipinski definition) is 3. The maximum Gasteiger partial charge on any atom is 0.245 e. The quantitative estimate of drug-likeness (QED) is 0.614. The van der Waals surface area contributed by atoms with Gasteiger partial charge in [-0.2, -0.15) is 4.72 Å². The molecule has 1 N–H and O–H groups in total. The molecule has 3 rings (SSSR count). The Bertz CT molecular complexity index is 1080. The zero-order valence-electron chi connectivity index (χ0n) is 15.9. The molecule has 0 fully saturated rings. The van der Waals surface area contributed by atoms with Crippen LogP contribution in [0.3, 0.4) is 0 Å². The Morgan fingerprint density at radius 2 is 1.68 bits per heavy atom. The molecule has 0 bridgehead atoms. The van der Waals surface area contributed by atoms with Crippen molar-refractivity contribution in [3.05, 3.63) is 94.0 Å². The third kappa shape index (κ3) is 4.38. The summed E-state index contributed by atoms with van der Waals surface area (Å²) in [6, 6.07) is 19.5. The minimum absolute atomic E-state index is 0.00759. The van der Waals surface area contributed by atoms with Crippen molar-refractivity contribution in [1.82, 2.24) is 4.72 Å². The number of aryl methyl sites for hydroxylation is 2. The number of sulfonamides is 1. The molecule has 4 nitrogen and oxygen atoms in total. The Hall–Kier alpha value is -2.34. The summed E-state index contributed by atoms with van der Waals surface area (Å²) in [7, 11) is -2.48. The van der Waals surface area contributed by atoms with Gasteiger partial charge in [0.25, 0.3) is 0 Å². The van der Waals surface area contributed by atoms with Crippen LogP contribution >= 0.6 is 11.6 Å². The topological polar surface area (TPSA) is 55.4 Å². The molecule has 146 valence electrons. The molecule has 3 aromatic carbocycles. The fourth-order valence-electron chi connectivity index (χ4n) is 3.19. The monoisotopic (exact) mass is 415 g/mol. The smallest absolute Gasteiger partial charge is 0.245 e. The summed E-state index contributed by atoms with van der Waals surface area (Å²) in [5, 5.41) is 0.323. The molecule has 1 atom stereocenters. The van der Waals surface area contributed by atoms with Crippen molar-refractivity contribution in [2.45, 2.75) is 24.8 Å². The molecule has 0 aromatic heterocycles. The Morgan fingerprint density at radius 3 is 2.32 bits per heavy atom. The molecule has 3 aromatic rings. The molecule has 6 heteroatoms. The van der Waals surface area contributed by atoms with Gasteiger partial charge in [0.05, 0.1) is 13.2 Å². The molecule has 0 saturated heterocycles. The zero-order valence-corrected chi connectivity index (χ0v) is 17.5. The first kappa shape index (κ1) is 20.4. The number of methoxy groups -OCH3 is 1. The molecule has 0 heterocycles. The van der Waals surface area contributed by atoms with Crippen LogP contribution in [0.15, 0.2) is 71.6 Å². The first-order valence-corrected chi connectivity index (χ1v) is 10.7. The van der Waals surface area contributed by atoms with Crippen molar-refractivity contribution < 1.29 is 13.2 Å². The van der Waals surface area contributed by atoms with E-state index in [1.165, 1.54) is 13.2 Å². The van der Waals surface area contributed by atoms with Crippen LogP contribution in [0.25, 0.3) is 0 Å². The maximum absolute atomic E-state index is 13.2. The summed E-state index contributed by atoms with van der Waals surface area (Å²) >= 11 is 6.05. The van der Waals surface area contributed by atoms with Gasteiger partial charge in [-0.3, -0.25) is 0 Å². The van der Waals surface area contributed by atoms with E-state index in [9.17, 15) is 8.42 Å². The Balaban J connectivity index is 2.11. The van der Waals surface area contributed by atoms with E-state index in [1.54, 1.807) is 12.1 Å². The van der Waals surface area contributed by atoms with Crippen molar-refractivity contribution >= 4 is 21.6 Å². The second-order valence-electron chi connectivity index (χ2n) is 6.62. The van der Waals surface area contributed by atoms with Gasteiger partial charge in [-0.25, -0.2) is 8.42 Å². The lowest BCUT2D eigenvalue weighted by molar-refractivity contribution is 0.402. The van der Waals surface area contributed by atoms with E-state index in [2.05, 4.69) is 4.72 Å². The second-order valence-corrected chi connectivity index (χ2v) is 8.74. The van der Waals surface area contributed by atoms with E-state index < -0.39 is 16.1 Å². The van der Waals surface area contributed by atoms with Gasteiger partial charge in [-0.15, -0.1) is 0 Å². The van der Waals surface area contributed by atoms with Crippen molar-refractivity contribution in [2.75, 3.05) is 7.11 Å². The number of nitrogens with one attached hydrogen (secondary N) is 1. The summed E-state index contributed by atoms with van der Waals surface area (Å²) in [6.45, 7) is 3.99. The molecule has 0 radical (unpaired) electrons. The van der Waals surface area contributed by atoms with Gasteiger partial charge in [0.1, 0.15) is 10.6 Å². The van der Waals surface area contributed by atoms with E-state index in [-0.39, 0.29) is 10.6 Å². The zero-order chi connectivity index (χ0) is 20.3. The van der Waals surface area contributed by atoms with Crippen LogP contribution < -0.4 is 9.46 Å². The standard InChI is InChI=1S/C22H22ClNO3S/c1-15-9-11-19(16(2)13-15)22(17-7-5-4-6-8-17)24-28(25,26)21-14-18(23)10-12-20(21)27-3/h4-14,22,24H,1-3H3/t22-/m0/s1. The van der Waals surface area contributed by atoms with E-state index in [0.717, 1.165) is 22.3 Å². The molecule has 0 aliphatic heterocycles. The Morgan fingerprint density at radius 1 is 0.964 bits per heavy atom. The normalized spacial score (nSPS) is 12.6. The number of hydrogen-bond donors (Lipinski definition) is 1. The summed E-state index contributed by atoms with van der Waals surface area (Å²) < 4.78 is 34.6. The third-order valence-corrected chi connectivity index (χ3v) is 6.24. The predicted octanol–water partition coefficient (Wildman–Crippen LogP) is 5.03. The van der Waals surface area contributed by atoms with Crippen LogP contribution in [0.5, 0.6) is 5.75 Å². The van der Waals surface area contributed by atoms with Crippen molar-refractivity contribution in [3.8, 4) is 5.75 Å². The van der Waals surface area contributed by atoms with E-state index >= 15 is 0 Å². The highest BCUT2D eigenvalue weighted by atomic mass is 35.5. The molecular weight excluding hydrogens is 394 g/mol. The van der Waals surface area contributed by atoms with Gasteiger partial charge < -0.3 is 4.74 Å². The number of rotatable bonds is 6. The Kier molecular flexibility index (Phi) is 6.08. The van der Waals surface area contributed by atoms with Crippen molar-refractivity contribution in [1.29, 1.82) is 0 Å². The molecule has 28 heavy (non-hydrogen) atoms. The van der Waals surface area contributed by atoms with Crippen LogP contribution in [-0.2, 0) is 10.0 Å². The summed E-state index contributed by atoms with van der Waals surface area (Å²) in [5.41, 5.74) is 3.86. The Labute approximate surface area is 171 Å². The van der Waals surface area contributed by atoms with E-state index in [0.29, 0.717) is 5.02 Å². The molecule has 0 unspecified atom stereocenters. The lowest BCUT2D eigenvalue weighted by atomic mass is 9.95. The first-order valence-electron chi connectivity index (χ1n) is 8.80. The van der Waals surface area contributed by atoms with Crippen LogP contribution in [0.4, 0.5) is 0 Å². The number of halogens is 1. The van der Waals surface area contributed by atoms with Gasteiger partial charge >= 0.3 is 0 Å². The van der Waals surface area contributed by atoms with Gasteiger partial charge in [0.15, 0.2) is 0 Å². The third-order valence-electron chi connectivity index (χ3n) is 4.56. The van der Waals surface area contributed by atoms with E-state index in [4.69, 9.17) is 16.3 Å². The van der Waals surface area contributed by atoms with Gasteiger partial charge in [-0.05, 0) is 48.7 Å².